The van der Waals surface area contributed by atoms with Gasteiger partial charge in [-0.1, -0.05) is 6.07 Å². The number of aryl methyl sites for hydroxylation is 2. The van der Waals surface area contributed by atoms with Crippen LogP contribution in [0, 0.1) is 20.8 Å². The lowest BCUT2D eigenvalue weighted by molar-refractivity contribution is 0.103. The highest BCUT2D eigenvalue weighted by atomic mass is 32.2. The molecule has 0 bridgehead atoms. The van der Waals surface area contributed by atoms with Crippen LogP contribution < -0.4 is 19.7 Å². The number of benzene rings is 2. The molecule has 7 nitrogen and oxygen atoms in total. The second-order valence-corrected chi connectivity index (χ2v) is 10.3. The third kappa shape index (κ3) is 5.11. The molecule has 0 spiro atoms. The molecule has 9 heteroatoms. The number of morpholine rings is 1. The zero-order valence-corrected chi connectivity index (χ0v) is 21.4. The number of ether oxygens (including phenoxy) is 2. The molecule has 34 heavy (non-hydrogen) atoms. The van der Waals surface area contributed by atoms with Crippen molar-refractivity contribution in [3.05, 3.63) is 63.3 Å². The topological polar surface area (TPSA) is 79.9 Å². The van der Waals surface area contributed by atoms with Gasteiger partial charge >= 0.3 is 0 Å². The van der Waals surface area contributed by atoms with E-state index in [1.54, 1.807) is 37.4 Å². The molecule has 2 aromatic carbocycles. The van der Waals surface area contributed by atoms with Crippen molar-refractivity contribution in [1.82, 2.24) is 0 Å². The van der Waals surface area contributed by atoms with Gasteiger partial charge in [0.25, 0.3) is 5.91 Å². The van der Waals surface area contributed by atoms with Gasteiger partial charge in [0.1, 0.15) is 21.6 Å². The second-order valence-electron chi connectivity index (χ2n) is 8.12. The Morgan fingerprint density at radius 2 is 1.79 bits per heavy atom. The number of rotatable bonds is 7. The molecular weight excluding hydrogens is 470 g/mol. The highest BCUT2D eigenvalue weighted by Crippen LogP contribution is 2.35. The summed E-state index contributed by atoms with van der Waals surface area (Å²) in [5.41, 5.74) is 5.73. The molecule has 3 aromatic rings. The number of nitrogens with one attached hydrogen (secondary N) is 2. The van der Waals surface area contributed by atoms with Crippen LogP contribution in [0.2, 0.25) is 0 Å². The molecule has 2 heterocycles. The first-order valence-electron chi connectivity index (χ1n) is 11.0. The lowest BCUT2D eigenvalue weighted by Gasteiger charge is -2.32. The molecule has 1 atom stereocenters. The zero-order valence-electron chi connectivity index (χ0n) is 19.8. The number of carbonyl (C=O) groups is 1. The molecule has 0 aliphatic carbocycles. The predicted octanol–water partition coefficient (Wildman–Crippen LogP) is 4.91. The number of anilines is 3. The average molecular weight is 500 g/mol. The van der Waals surface area contributed by atoms with Gasteiger partial charge in [-0.2, -0.15) is 0 Å². The first-order valence-corrected chi connectivity index (χ1v) is 13.1. The van der Waals surface area contributed by atoms with Gasteiger partial charge in [0.2, 0.25) is 0 Å². The summed E-state index contributed by atoms with van der Waals surface area (Å²) < 4.78 is 26.5. The Morgan fingerprint density at radius 3 is 2.47 bits per heavy atom. The van der Waals surface area contributed by atoms with Crippen LogP contribution >= 0.6 is 11.3 Å². The van der Waals surface area contributed by atoms with Crippen molar-refractivity contribution in [2.45, 2.75) is 25.7 Å². The van der Waals surface area contributed by atoms with Crippen molar-refractivity contribution in [1.29, 1.82) is 0 Å². The molecule has 1 aliphatic heterocycles. The van der Waals surface area contributed by atoms with Gasteiger partial charge in [0.05, 0.1) is 30.9 Å². The fourth-order valence-electron chi connectivity index (χ4n) is 4.23. The maximum atomic E-state index is 13.3. The third-order valence-electron chi connectivity index (χ3n) is 5.84. The van der Waals surface area contributed by atoms with Crippen LogP contribution in [0.15, 0.2) is 46.7 Å². The normalized spacial score (nSPS) is 14.5. The fourth-order valence-corrected chi connectivity index (χ4v) is 5.91. The van der Waals surface area contributed by atoms with Crippen LogP contribution in [0.5, 0.6) is 5.75 Å². The van der Waals surface area contributed by atoms with Gasteiger partial charge in [-0.05, 0) is 73.2 Å². The summed E-state index contributed by atoms with van der Waals surface area (Å²) in [7, 11) is 0.0725. The van der Waals surface area contributed by atoms with E-state index in [1.807, 2.05) is 19.2 Å². The van der Waals surface area contributed by atoms with Crippen LogP contribution in [-0.2, 0) is 15.7 Å². The highest BCUT2D eigenvalue weighted by Gasteiger charge is 2.22. The molecule has 4 rings (SSSR count). The Labute approximate surface area is 206 Å². The van der Waals surface area contributed by atoms with Crippen molar-refractivity contribution in [2.24, 2.45) is 0 Å². The quantitative estimate of drug-likeness (QED) is 0.483. The Hall–Kier alpha value is -2.88. The van der Waals surface area contributed by atoms with E-state index in [4.69, 9.17) is 9.47 Å². The Morgan fingerprint density at radius 1 is 1.09 bits per heavy atom. The number of methoxy groups -OCH3 is 1. The molecule has 1 aromatic heterocycles. The minimum atomic E-state index is -1.51. The minimum absolute atomic E-state index is 0.229. The SMILES string of the molecule is COc1ccc(S(=O)Nc2ccsc2C(=O)Nc2c(C)cc(C)c(N3CCOCC3)c2C)cc1. The standard InChI is InChI=1S/C25H29N3O4S2/c1-16-15-17(2)23(28-10-12-32-13-11-28)18(3)22(16)26-25(29)24-21(9-14-33-24)27-34(30)20-7-5-19(31-4)6-8-20/h5-9,14-15,27H,10-13H2,1-4H3,(H,26,29). The summed E-state index contributed by atoms with van der Waals surface area (Å²) in [4.78, 5) is 16.7. The van der Waals surface area contributed by atoms with Gasteiger partial charge < -0.3 is 19.7 Å². The smallest absolute Gasteiger partial charge is 0.267 e. The maximum absolute atomic E-state index is 13.3. The van der Waals surface area contributed by atoms with Gasteiger partial charge in [-0.3, -0.25) is 9.52 Å². The first kappa shape index (κ1) is 24.3. The lowest BCUT2D eigenvalue weighted by atomic mass is 10.0. The first-order chi connectivity index (χ1) is 16.4. The fraction of sp³-hybridized carbons (Fsp3) is 0.320. The second kappa shape index (κ2) is 10.6. The molecular formula is C25H29N3O4S2. The van der Waals surface area contributed by atoms with Crippen molar-refractivity contribution < 1.29 is 18.5 Å². The molecule has 0 radical (unpaired) electrons. The minimum Gasteiger partial charge on any atom is -0.497 e. The van der Waals surface area contributed by atoms with E-state index in [1.165, 1.54) is 16.9 Å². The van der Waals surface area contributed by atoms with Crippen LogP contribution in [-0.4, -0.2) is 43.5 Å². The van der Waals surface area contributed by atoms with Crippen molar-refractivity contribution in [2.75, 3.05) is 48.4 Å². The molecule has 1 amide bonds. The van der Waals surface area contributed by atoms with Crippen molar-refractivity contribution >= 4 is 45.3 Å². The summed E-state index contributed by atoms with van der Waals surface area (Å²) in [5, 5.41) is 4.93. The van der Waals surface area contributed by atoms with Crippen LogP contribution in [0.25, 0.3) is 0 Å². The Balaban J connectivity index is 1.55. The Kier molecular flexibility index (Phi) is 7.55. The van der Waals surface area contributed by atoms with Crippen LogP contribution in [0.3, 0.4) is 0 Å². The van der Waals surface area contributed by atoms with E-state index in [2.05, 4.69) is 27.9 Å². The summed E-state index contributed by atoms with van der Waals surface area (Å²) >= 11 is 1.31. The molecule has 0 saturated carbocycles. The molecule has 2 N–H and O–H groups in total. The van der Waals surface area contributed by atoms with Crippen LogP contribution in [0.1, 0.15) is 26.4 Å². The van der Waals surface area contributed by atoms with Gasteiger partial charge in [-0.15, -0.1) is 11.3 Å². The van der Waals surface area contributed by atoms with Gasteiger partial charge in [0.15, 0.2) is 0 Å². The monoisotopic (exact) mass is 499 g/mol. The third-order valence-corrected chi connectivity index (χ3v) is 7.86. The molecule has 1 unspecified atom stereocenters. The van der Waals surface area contributed by atoms with Crippen LogP contribution in [0.4, 0.5) is 17.1 Å². The number of carbonyl (C=O) groups excluding carboxylic acids is 1. The molecule has 1 aliphatic rings. The van der Waals surface area contributed by atoms with E-state index in [0.29, 0.717) is 34.4 Å². The lowest BCUT2D eigenvalue weighted by Crippen LogP contribution is -2.37. The number of nitrogens with zero attached hydrogens (tertiary/aromatic N) is 1. The number of thiophene rings is 1. The van der Waals surface area contributed by atoms with Gasteiger partial charge in [0, 0.05) is 24.5 Å². The van der Waals surface area contributed by atoms with E-state index in [9.17, 15) is 9.00 Å². The zero-order chi connectivity index (χ0) is 24.2. The summed E-state index contributed by atoms with van der Waals surface area (Å²) in [6.07, 6.45) is 0. The van der Waals surface area contributed by atoms with E-state index < -0.39 is 11.0 Å². The average Bonchev–Trinajstić information content (AvgIpc) is 3.30. The predicted molar refractivity (Wildman–Crippen MR) is 139 cm³/mol. The van der Waals surface area contributed by atoms with Crippen molar-refractivity contribution in [3.8, 4) is 5.75 Å². The summed E-state index contributed by atoms with van der Waals surface area (Å²) in [6, 6.07) is 10.9. The molecule has 1 saturated heterocycles. The summed E-state index contributed by atoms with van der Waals surface area (Å²) in [5.74, 6) is 0.462. The number of amides is 1. The number of hydrogen-bond donors (Lipinski definition) is 2. The maximum Gasteiger partial charge on any atom is 0.267 e. The van der Waals surface area contributed by atoms with E-state index in [0.717, 1.165) is 35.6 Å². The Bertz CT molecular complexity index is 1200. The largest absolute Gasteiger partial charge is 0.497 e. The van der Waals surface area contributed by atoms with Gasteiger partial charge in [-0.25, -0.2) is 4.21 Å². The molecule has 1 fully saturated rings. The van der Waals surface area contributed by atoms with Crippen molar-refractivity contribution in [3.63, 3.8) is 0 Å². The summed E-state index contributed by atoms with van der Waals surface area (Å²) in [6.45, 7) is 9.21. The molecule has 180 valence electrons. The van der Waals surface area contributed by atoms with E-state index in [-0.39, 0.29) is 5.91 Å². The number of hydrogen-bond acceptors (Lipinski definition) is 6. The highest BCUT2D eigenvalue weighted by molar-refractivity contribution is 7.86. The van der Waals surface area contributed by atoms with E-state index >= 15 is 0 Å².